The highest BCUT2D eigenvalue weighted by Crippen LogP contribution is 2.26. The Bertz CT molecular complexity index is 401. The van der Waals surface area contributed by atoms with Crippen LogP contribution >= 0.6 is 0 Å². The van der Waals surface area contributed by atoms with E-state index < -0.39 is 0 Å². The van der Waals surface area contributed by atoms with Crippen LogP contribution in [0.25, 0.3) is 6.08 Å². The first kappa shape index (κ1) is 13.7. The van der Waals surface area contributed by atoms with Crippen LogP contribution in [0.5, 0.6) is 5.75 Å². The van der Waals surface area contributed by atoms with Gasteiger partial charge in [-0.15, -0.1) is 0 Å². The van der Waals surface area contributed by atoms with Gasteiger partial charge in [-0.2, -0.15) is 0 Å². The number of hydrogen-bond donors (Lipinski definition) is 1. The van der Waals surface area contributed by atoms with Crippen molar-refractivity contribution in [1.82, 2.24) is 4.98 Å². The largest absolute Gasteiger partial charge is 0.494 e. The average molecular weight is 236 g/mol. The summed E-state index contributed by atoms with van der Waals surface area (Å²) in [5, 5.41) is 0. The van der Waals surface area contributed by atoms with Crippen LogP contribution in [0.3, 0.4) is 0 Å². The predicted octanol–water partition coefficient (Wildman–Crippen LogP) is 1.91. The van der Waals surface area contributed by atoms with Crippen LogP contribution in [0.2, 0.25) is 0 Å². The second-order valence-corrected chi connectivity index (χ2v) is 3.97. The quantitative estimate of drug-likeness (QED) is 0.848. The van der Waals surface area contributed by atoms with E-state index in [4.69, 9.17) is 15.2 Å². The Morgan fingerprint density at radius 3 is 2.71 bits per heavy atom. The molecule has 0 aliphatic rings. The Labute approximate surface area is 102 Å². The summed E-state index contributed by atoms with van der Waals surface area (Å²) in [5.41, 5.74) is 8.56. The molecule has 0 bridgehead atoms. The van der Waals surface area contributed by atoms with Gasteiger partial charge in [-0.25, -0.2) is 0 Å². The van der Waals surface area contributed by atoms with E-state index >= 15 is 0 Å². The maximum absolute atomic E-state index is 5.72. The molecule has 17 heavy (non-hydrogen) atoms. The second kappa shape index (κ2) is 6.37. The second-order valence-electron chi connectivity index (χ2n) is 3.97. The maximum atomic E-state index is 5.72. The van der Waals surface area contributed by atoms with Crippen molar-refractivity contribution in [3.63, 3.8) is 0 Å². The van der Waals surface area contributed by atoms with E-state index in [9.17, 15) is 0 Å². The van der Waals surface area contributed by atoms with Crippen LogP contribution in [0, 0.1) is 6.92 Å². The molecular formula is C13H20N2O2. The maximum Gasteiger partial charge on any atom is 0.147 e. The summed E-state index contributed by atoms with van der Waals surface area (Å²) in [6.45, 7) is 4.34. The number of methoxy groups -OCH3 is 2. The molecule has 0 saturated heterocycles. The highest BCUT2D eigenvalue weighted by molar-refractivity contribution is 5.62. The minimum absolute atomic E-state index is 0.00331. The lowest BCUT2D eigenvalue weighted by molar-refractivity contribution is 0.184. The topological polar surface area (TPSA) is 57.4 Å². The summed E-state index contributed by atoms with van der Waals surface area (Å²) in [6.07, 6.45) is 5.70. The fourth-order valence-electron chi connectivity index (χ4n) is 1.60. The smallest absolute Gasteiger partial charge is 0.147 e. The van der Waals surface area contributed by atoms with Crippen LogP contribution in [0.1, 0.15) is 23.7 Å². The molecule has 1 aromatic rings. The van der Waals surface area contributed by atoms with Crippen molar-refractivity contribution >= 4 is 6.08 Å². The molecule has 1 atom stereocenters. The van der Waals surface area contributed by atoms with Crippen molar-refractivity contribution in [1.29, 1.82) is 0 Å². The molecule has 1 unspecified atom stereocenters. The van der Waals surface area contributed by atoms with Gasteiger partial charge < -0.3 is 15.2 Å². The van der Waals surface area contributed by atoms with Crippen LogP contribution in [0.4, 0.5) is 0 Å². The SMILES string of the molecule is COCc1cnc(C)c(OC)c1/C=C/C(C)N. The molecule has 4 nitrogen and oxygen atoms in total. The van der Waals surface area contributed by atoms with Gasteiger partial charge in [0.05, 0.1) is 19.4 Å². The Hall–Kier alpha value is -1.39. The number of aromatic nitrogens is 1. The van der Waals surface area contributed by atoms with Crippen molar-refractivity contribution in [2.24, 2.45) is 5.73 Å². The Balaban J connectivity index is 3.23. The monoisotopic (exact) mass is 236 g/mol. The lowest BCUT2D eigenvalue weighted by Crippen LogP contribution is -2.10. The zero-order valence-electron chi connectivity index (χ0n) is 10.9. The molecule has 4 heteroatoms. The lowest BCUT2D eigenvalue weighted by atomic mass is 10.1. The van der Waals surface area contributed by atoms with E-state index in [1.54, 1.807) is 14.2 Å². The molecule has 0 amide bonds. The third-order valence-electron chi connectivity index (χ3n) is 2.40. The van der Waals surface area contributed by atoms with Gasteiger partial charge in [0.15, 0.2) is 0 Å². The number of pyridine rings is 1. The predicted molar refractivity (Wildman–Crippen MR) is 68.9 cm³/mol. The summed E-state index contributed by atoms with van der Waals surface area (Å²) in [6, 6.07) is 0.00331. The number of rotatable bonds is 5. The van der Waals surface area contributed by atoms with Gasteiger partial charge in [0.25, 0.3) is 0 Å². The molecule has 0 aliphatic heterocycles. The van der Waals surface area contributed by atoms with Crippen LogP contribution < -0.4 is 10.5 Å². The fourth-order valence-corrected chi connectivity index (χ4v) is 1.60. The third kappa shape index (κ3) is 3.54. The number of hydrogen-bond acceptors (Lipinski definition) is 4. The summed E-state index contributed by atoms with van der Waals surface area (Å²) in [5.74, 6) is 0.774. The Morgan fingerprint density at radius 1 is 1.47 bits per heavy atom. The minimum atomic E-state index is 0.00331. The van der Waals surface area contributed by atoms with Gasteiger partial charge in [-0.1, -0.05) is 12.2 Å². The molecule has 0 aromatic carbocycles. The normalized spacial score (nSPS) is 13.0. The number of aryl methyl sites for hydroxylation is 1. The van der Waals surface area contributed by atoms with Gasteiger partial charge in [0, 0.05) is 30.5 Å². The molecule has 1 aromatic heterocycles. The first-order valence-electron chi connectivity index (χ1n) is 5.55. The first-order valence-corrected chi connectivity index (χ1v) is 5.55. The van der Waals surface area contributed by atoms with Crippen LogP contribution in [-0.4, -0.2) is 25.2 Å². The summed E-state index contributed by atoms with van der Waals surface area (Å²) in [7, 11) is 3.30. The lowest BCUT2D eigenvalue weighted by Gasteiger charge is -2.12. The van der Waals surface area contributed by atoms with Crippen molar-refractivity contribution in [3.05, 3.63) is 29.1 Å². The molecule has 94 valence electrons. The third-order valence-corrected chi connectivity index (χ3v) is 2.40. The average Bonchev–Trinajstić information content (AvgIpc) is 2.29. The van der Waals surface area contributed by atoms with E-state index in [2.05, 4.69) is 4.98 Å². The molecule has 1 heterocycles. The minimum Gasteiger partial charge on any atom is -0.494 e. The van der Waals surface area contributed by atoms with Gasteiger partial charge in [0.2, 0.25) is 0 Å². The van der Waals surface area contributed by atoms with Gasteiger partial charge in [-0.3, -0.25) is 4.98 Å². The Morgan fingerprint density at radius 2 is 2.18 bits per heavy atom. The zero-order chi connectivity index (χ0) is 12.8. The molecule has 1 rings (SSSR count). The standard InChI is InChI=1S/C13H20N2O2/c1-9(14)5-6-12-11(8-16-3)7-15-10(2)13(12)17-4/h5-7,9H,8,14H2,1-4H3/b6-5+. The number of nitrogens with zero attached hydrogens (tertiary/aromatic N) is 1. The molecule has 0 saturated carbocycles. The van der Waals surface area contributed by atoms with Crippen molar-refractivity contribution in [3.8, 4) is 5.75 Å². The van der Waals surface area contributed by atoms with E-state index in [0.29, 0.717) is 6.61 Å². The molecule has 0 aliphatic carbocycles. The molecular weight excluding hydrogens is 216 g/mol. The van der Waals surface area contributed by atoms with Gasteiger partial charge in [0.1, 0.15) is 5.75 Å². The molecule has 0 spiro atoms. The highest BCUT2D eigenvalue weighted by Gasteiger charge is 2.10. The molecule has 0 fully saturated rings. The van der Waals surface area contributed by atoms with Crippen molar-refractivity contribution in [2.45, 2.75) is 26.5 Å². The first-order chi connectivity index (χ1) is 8.10. The van der Waals surface area contributed by atoms with E-state index in [1.807, 2.05) is 32.2 Å². The van der Waals surface area contributed by atoms with Gasteiger partial charge in [-0.05, 0) is 13.8 Å². The van der Waals surface area contributed by atoms with E-state index in [0.717, 1.165) is 22.6 Å². The van der Waals surface area contributed by atoms with Gasteiger partial charge >= 0.3 is 0 Å². The fraction of sp³-hybridized carbons (Fsp3) is 0.462. The zero-order valence-corrected chi connectivity index (χ0v) is 10.9. The highest BCUT2D eigenvalue weighted by atomic mass is 16.5. The number of nitrogens with two attached hydrogens (primary N) is 1. The van der Waals surface area contributed by atoms with Crippen molar-refractivity contribution < 1.29 is 9.47 Å². The van der Waals surface area contributed by atoms with E-state index in [1.165, 1.54) is 0 Å². The molecule has 0 radical (unpaired) electrons. The Kier molecular flexibility index (Phi) is 5.12. The van der Waals surface area contributed by atoms with E-state index in [-0.39, 0.29) is 6.04 Å². The van der Waals surface area contributed by atoms with Crippen LogP contribution in [0.15, 0.2) is 12.3 Å². The van der Waals surface area contributed by atoms with Crippen LogP contribution in [-0.2, 0) is 11.3 Å². The summed E-state index contributed by atoms with van der Waals surface area (Å²) < 4.78 is 10.5. The molecule has 2 N–H and O–H groups in total. The van der Waals surface area contributed by atoms with Crippen molar-refractivity contribution in [2.75, 3.05) is 14.2 Å². The summed E-state index contributed by atoms with van der Waals surface area (Å²) in [4.78, 5) is 4.29. The summed E-state index contributed by atoms with van der Waals surface area (Å²) >= 11 is 0. The number of ether oxygens (including phenoxy) is 2.